The van der Waals surface area contributed by atoms with E-state index in [1.54, 1.807) is 6.07 Å². The second-order valence-electron chi connectivity index (χ2n) is 5.25. The molecule has 0 spiro atoms. The van der Waals surface area contributed by atoms with E-state index in [1.165, 1.54) is 6.07 Å². The summed E-state index contributed by atoms with van der Waals surface area (Å²) in [5.41, 5.74) is 5.39. The Balaban J connectivity index is 2.10. The minimum atomic E-state index is -0.187. The van der Waals surface area contributed by atoms with Crippen molar-refractivity contribution in [2.24, 2.45) is 5.84 Å². The molecule has 0 saturated carbocycles. The Morgan fingerprint density at radius 3 is 2.71 bits per heavy atom. The lowest BCUT2D eigenvalue weighted by Gasteiger charge is -2.18. The van der Waals surface area contributed by atoms with E-state index in [0.29, 0.717) is 10.6 Å². The Bertz CT molecular complexity index is 647. The van der Waals surface area contributed by atoms with Crippen LogP contribution < -0.4 is 16.6 Å². The highest BCUT2D eigenvalue weighted by Crippen LogP contribution is 2.39. The van der Waals surface area contributed by atoms with Gasteiger partial charge in [0, 0.05) is 16.6 Å². The van der Waals surface area contributed by atoms with Gasteiger partial charge in [0.2, 0.25) is 0 Å². The van der Waals surface area contributed by atoms with Gasteiger partial charge >= 0.3 is 0 Å². The van der Waals surface area contributed by atoms with Gasteiger partial charge in [-0.25, -0.2) is 9.82 Å². The smallest absolute Gasteiger partial charge is 0.127 e. The third kappa shape index (κ3) is 2.88. The zero-order valence-electron chi connectivity index (χ0n) is 11.4. The molecule has 1 heterocycles. The molecule has 0 aromatic heterocycles. The van der Waals surface area contributed by atoms with Crippen molar-refractivity contribution in [3.63, 3.8) is 0 Å². The minimum absolute atomic E-state index is 0.0363. The summed E-state index contributed by atoms with van der Waals surface area (Å²) in [7, 11) is 0. The molecule has 5 heteroatoms. The maximum atomic E-state index is 14.2. The van der Waals surface area contributed by atoms with Crippen LogP contribution in [-0.4, -0.2) is 6.17 Å². The Hall–Kier alpha value is -1.62. The van der Waals surface area contributed by atoms with Crippen LogP contribution in [0.4, 0.5) is 10.1 Å². The van der Waals surface area contributed by atoms with Crippen molar-refractivity contribution in [1.82, 2.24) is 5.43 Å². The normalized spacial score (nSPS) is 21.3. The largest absolute Gasteiger partial charge is 0.369 e. The Morgan fingerprint density at radius 1 is 1.14 bits per heavy atom. The fourth-order valence-electron chi connectivity index (χ4n) is 2.91. The van der Waals surface area contributed by atoms with Gasteiger partial charge in [0.1, 0.15) is 5.82 Å². The van der Waals surface area contributed by atoms with Crippen LogP contribution in [0.15, 0.2) is 42.5 Å². The average molecular weight is 306 g/mol. The lowest BCUT2D eigenvalue weighted by molar-refractivity contribution is 0.510. The molecule has 2 atom stereocenters. The van der Waals surface area contributed by atoms with Crippen LogP contribution in [0.2, 0.25) is 5.02 Å². The summed E-state index contributed by atoms with van der Waals surface area (Å²) in [4.78, 5) is 0. The zero-order chi connectivity index (χ0) is 14.8. The van der Waals surface area contributed by atoms with Gasteiger partial charge in [-0.1, -0.05) is 29.8 Å². The maximum Gasteiger partial charge on any atom is 0.127 e. The topological polar surface area (TPSA) is 50.1 Å². The van der Waals surface area contributed by atoms with Gasteiger partial charge in [-0.05, 0) is 48.2 Å². The molecule has 4 N–H and O–H groups in total. The summed E-state index contributed by atoms with van der Waals surface area (Å²) < 4.78 is 14.2. The number of hydrogen-bond donors (Lipinski definition) is 3. The van der Waals surface area contributed by atoms with Crippen LogP contribution >= 0.6 is 11.6 Å². The average Bonchev–Trinajstić information content (AvgIpc) is 2.67. The van der Waals surface area contributed by atoms with Crippen molar-refractivity contribution in [2.45, 2.75) is 24.9 Å². The number of hydrogen-bond acceptors (Lipinski definition) is 3. The molecule has 0 fully saturated rings. The molecule has 1 aliphatic rings. The summed E-state index contributed by atoms with van der Waals surface area (Å²) in [6.45, 7) is 0. The van der Waals surface area contributed by atoms with Crippen molar-refractivity contribution < 1.29 is 4.39 Å². The lowest BCUT2D eigenvalue weighted by Crippen LogP contribution is -2.40. The van der Waals surface area contributed by atoms with Crippen LogP contribution in [0.5, 0.6) is 0 Å². The molecule has 0 amide bonds. The van der Waals surface area contributed by atoms with Crippen molar-refractivity contribution in [3.8, 4) is 0 Å². The highest BCUT2D eigenvalue weighted by atomic mass is 35.5. The standard InChI is InChI=1S/C16H17ClFN3/c17-10-5-7-15-13(9-10)11(6-8-16(20-15)21-19)12-3-1-2-4-14(12)18/h1-5,7,9,11,16,20-21H,6,8,19H2. The van der Waals surface area contributed by atoms with Crippen LogP contribution in [0.3, 0.4) is 0 Å². The summed E-state index contributed by atoms with van der Waals surface area (Å²) in [5.74, 6) is 5.34. The van der Waals surface area contributed by atoms with E-state index in [0.717, 1.165) is 24.1 Å². The Labute approximate surface area is 128 Å². The summed E-state index contributed by atoms with van der Waals surface area (Å²) in [6, 6.07) is 12.5. The second-order valence-corrected chi connectivity index (χ2v) is 5.68. The Kier molecular flexibility index (Phi) is 4.10. The van der Waals surface area contributed by atoms with E-state index in [4.69, 9.17) is 17.4 Å². The van der Waals surface area contributed by atoms with Crippen LogP contribution in [-0.2, 0) is 0 Å². The van der Waals surface area contributed by atoms with E-state index in [2.05, 4.69) is 10.7 Å². The molecule has 110 valence electrons. The molecule has 3 rings (SSSR count). The number of benzene rings is 2. The first-order valence-electron chi connectivity index (χ1n) is 6.95. The van der Waals surface area contributed by atoms with Crippen molar-refractivity contribution >= 4 is 17.3 Å². The molecule has 1 aliphatic heterocycles. The lowest BCUT2D eigenvalue weighted by atomic mass is 9.87. The SMILES string of the molecule is NNC1CCC(c2ccccc2F)c2cc(Cl)ccc2N1. The van der Waals surface area contributed by atoms with Gasteiger partial charge in [-0.3, -0.25) is 5.84 Å². The molecule has 0 aliphatic carbocycles. The predicted octanol–water partition coefficient (Wildman–Crippen LogP) is 3.61. The fourth-order valence-corrected chi connectivity index (χ4v) is 3.09. The van der Waals surface area contributed by atoms with Gasteiger partial charge in [-0.2, -0.15) is 0 Å². The molecule has 0 saturated heterocycles. The number of halogens is 2. The number of fused-ring (bicyclic) bond motifs is 1. The quantitative estimate of drug-likeness (QED) is 0.587. The highest BCUT2D eigenvalue weighted by molar-refractivity contribution is 6.30. The molecule has 21 heavy (non-hydrogen) atoms. The van der Waals surface area contributed by atoms with Crippen LogP contribution in [0, 0.1) is 5.82 Å². The Morgan fingerprint density at radius 2 is 1.95 bits per heavy atom. The second kappa shape index (κ2) is 6.02. The molecule has 0 radical (unpaired) electrons. The van der Waals surface area contributed by atoms with E-state index in [-0.39, 0.29) is 17.9 Å². The van der Waals surface area contributed by atoms with Crippen LogP contribution in [0.25, 0.3) is 0 Å². The van der Waals surface area contributed by atoms with Crippen molar-refractivity contribution in [2.75, 3.05) is 5.32 Å². The summed E-state index contributed by atoms with van der Waals surface area (Å²) in [6.07, 6.45) is 1.54. The molecular weight excluding hydrogens is 289 g/mol. The molecule has 2 aromatic carbocycles. The first kappa shape index (κ1) is 14.3. The first-order chi connectivity index (χ1) is 10.2. The molecule has 2 unspecified atom stereocenters. The third-order valence-corrected chi connectivity index (χ3v) is 4.18. The summed E-state index contributed by atoms with van der Waals surface area (Å²) >= 11 is 6.13. The number of rotatable bonds is 2. The first-order valence-corrected chi connectivity index (χ1v) is 7.33. The molecule has 0 bridgehead atoms. The fraction of sp³-hybridized carbons (Fsp3) is 0.250. The maximum absolute atomic E-state index is 14.2. The number of anilines is 1. The van der Waals surface area contributed by atoms with Crippen molar-refractivity contribution in [1.29, 1.82) is 0 Å². The predicted molar refractivity (Wildman–Crippen MR) is 83.7 cm³/mol. The third-order valence-electron chi connectivity index (χ3n) is 3.94. The highest BCUT2D eigenvalue weighted by Gasteiger charge is 2.26. The van der Waals surface area contributed by atoms with Crippen LogP contribution in [0.1, 0.15) is 29.9 Å². The van der Waals surface area contributed by atoms with E-state index in [1.807, 2.05) is 30.3 Å². The van der Waals surface area contributed by atoms with Gasteiger partial charge in [-0.15, -0.1) is 0 Å². The number of nitrogens with one attached hydrogen (secondary N) is 2. The molecule has 3 nitrogen and oxygen atoms in total. The van der Waals surface area contributed by atoms with Gasteiger partial charge < -0.3 is 5.32 Å². The summed E-state index contributed by atoms with van der Waals surface area (Å²) in [5, 5.41) is 3.99. The van der Waals surface area contributed by atoms with E-state index in [9.17, 15) is 4.39 Å². The number of hydrazine groups is 1. The molecule has 2 aromatic rings. The van der Waals surface area contributed by atoms with Gasteiger partial charge in [0.15, 0.2) is 0 Å². The van der Waals surface area contributed by atoms with E-state index < -0.39 is 0 Å². The van der Waals surface area contributed by atoms with Crippen molar-refractivity contribution in [3.05, 3.63) is 64.4 Å². The zero-order valence-corrected chi connectivity index (χ0v) is 12.2. The van der Waals surface area contributed by atoms with Gasteiger partial charge in [0.25, 0.3) is 0 Å². The van der Waals surface area contributed by atoms with Gasteiger partial charge in [0.05, 0.1) is 6.17 Å². The number of nitrogens with two attached hydrogens (primary N) is 1. The monoisotopic (exact) mass is 305 g/mol. The van der Waals surface area contributed by atoms with E-state index >= 15 is 0 Å². The molecular formula is C16H17ClFN3. The minimum Gasteiger partial charge on any atom is -0.369 e.